The van der Waals surface area contributed by atoms with E-state index in [1.807, 2.05) is 65.0 Å². The van der Waals surface area contributed by atoms with Gasteiger partial charge in [0.25, 0.3) is 0 Å². The van der Waals surface area contributed by atoms with Crippen molar-refractivity contribution in [3.8, 4) is 5.69 Å². The van der Waals surface area contributed by atoms with Crippen molar-refractivity contribution >= 4 is 28.8 Å². The third-order valence-corrected chi connectivity index (χ3v) is 4.75. The van der Waals surface area contributed by atoms with Crippen LogP contribution in [0.15, 0.2) is 66.2 Å². The summed E-state index contributed by atoms with van der Waals surface area (Å²) < 4.78 is 3.85. The predicted molar refractivity (Wildman–Crippen MR) is 109 cm³/mol. The first-order chi connectivity index (χ1) is 13.1. The van der Waals surface area contributed by atoms with Crippen LogP contribution in [0.1, 0.15) is 12.1 Å². The lowest BCUT2D eigenvalue weighted by atomic mass is 10.0. The normalized spacial score (nSPS) is 16.4. The second-order valence-electron chi connectivity index (χ2n) is 6.71. The van der Waals surface area contributed by atoms with Crippen LogP contribution in [-0.4, -0.2) is 19.3 Å². The van der Waals surface area contributed by atoms with Crippen molar-refractivity contribution in [1.29, 1.82) is 0 Å². The summed E-state index contributed by atoms with van der Waals surface area (Å²) in [5.74, 6) is 1.14. The average Bonchev–Trinajstić information content (AvgIpc) is 3.24. The van der Waals surface area contributed by atoms with E-state index in [4.69, 9.17) is 17.3 Å². The van der Waals surface area contributed by atoms with Gasteiger partial charge in [-0.2, -0.15) is 5.10 Å². The van der Waals surface area contributed by atoms with Crippen molar-refractivity contribution in [2.24, 2.45) is 5.92 Å². The molecular weight excluding hydrogens is 360 g/mol. The molecule has 1 aliphatic rings. The van der Waals surface area contributed by atoms with Gasteiger partial charge in [-0.25, -0.2) is 4.98 Å². The quantitative estimate of drug-likeness (QED) is 0.643. The van der Waals surface area contributed by atoms with Crippen molar-refractivity contribution in [1.82, 2.24) is 19.3 Å². The van der Waals surface area contributed by atoms with E-state index < -0.39 is 0 Å². The Balaban J connectivity index is 1.44. The Labute approximate surface area is 163 Å². The molecule has 6 nitrogen and oxygen atoms in total. The average molecular weight is 381 g/mol. The highest BCUT2D eigenvalue weighted by Gasteiger charge is 2.12. The number of nitrogens with zero attached hydrogens (tertiary/aromatic N) is 4. The summed E-state index contributed by atoms with van der Waals surface area (Å²) in [6.45, 7) is 2.75. The van der Waals surface area contributed by atoms with Gasteiger partial charge in [-0.3, -0.25) is 4.68 Å². The van der Waals surface area contributed by atoms with E-state index in [-0.39, 0.29) is 0 Å². The highest BCUT2D eigenvalue weighted by atomic mass is 35.5. The van der Waals surface area contributed by atoms with Gasteiger partial charge in [0.05, 0.1) is 23.4 Å². The Morgan fingerprint density at radius 1 is 1.33 bits per heavy atom. The van der Waals surface area contributed by atoms with Crippen LogP contribution in [0.5, 0.6) is 0 Å². The van der Waals surface area contributed by atoms with Crippen molar-refractivity contribution in [3.05, 3.63) is 71.9 Å². The maximum absolute atomic E-state index is 6.22. The molecule has 1 aromatic carbocycles. The van der Waals surface area contributed by atoms with Crippen LogP contribution in [0.4, 0.5) is 17.2 Å². The molecular formula is C20H21ClN6. The molecule has 138 valence electrons. The number of aryl methyl sites for hydroxylation is 1. The molecule has 1 unspecified atom stereocenters. The number of imidazole rings is 1. The van der Waals surface area contributed by atoms with Gasteiger partial charge in [-0.05, 0) is 37.6 Å². The molecule has 3 aromatic rings. The maximum atomic E-state index is 6.22. The summed E-state index contributed by atoms with van der Waals surface area (Å²) in [6.07, 6.45) is 12.6. The standard InChI is InChI=1S/C20H21ClN6/c1-14-11-26(13-23-14)19-6-5-17(10-18(19)22)24-20-7-8-27(25-20)12-15-3-2-4-16(21)9-15/h2-8,10-11,13,15H,9,12,22H2,1H3,(H,24,25). The summed E-state index contributed by atoms with van der Waals surface area (Å²) in [5, 5.41) is 8.78. The molecule has 3 N–H and O–H groups in total. The predicted octanol–water partition coefficient (Wildman–Crippen LogP) is 4.40. The Morgan fingerprint density at radius 2 is 2.22 bits per heavy atom. The van der Waals surface area contributed by atoms with Crippen LogP contribution >= 0.6 is 11.6 Å². The maximum Gasteiger partial charge on any atom is 0.152 e. The first-order valence-electron chi connectivity index (χ1n) is 8.80. The van der Waals surface area contributed by atoms with Crippen molar-refractivity contribution in [2.45, 2.75) is 19.9 Å². The van der Waals surface area contributed by atoms with E-state index in [1.54, 1.807) is 6.33 Å². The van der Waals surface area contributed by atoms with Crippen LogP contribution in [0, 0.1) is 12.8 Å². The second-order valence-corrected chi connectivity index (χ2v) is 7.19. The van der Waals surface area contributed by atoms with Crippen LogP contribution < -0.4 is 11.1 Å². The topological polar surface area (TPSA) is 73.7 Å². The van der Waals surface area contributed by atoms with E-state index in [2.05, 4.69) is 21.5 Å². The van der Waals surface area contributed by atoms with Gasteiger partial charge in [-0.15, -0.1) is 0 Å². The molecule has 0 saturated heterocycles. The van der Waals surface area contributed by atoms with Gasteiger partial charge in [-0.1, -0.05) is 23.8 Å². The van der Waals surface area contributed by atoms with Gasteiger partial charge in [0.2, 0.25) is 0 Å². The number of nitrogens with two attached hydrogens (primary N) is 1. The Morgan fingerprint density at radius 3 is 2.96 bits per heavy atom. The smallest absolute Gasteiger partial charge is 0.152 e. The lowest BCUT2D eigenvalue weighted by molar-refractivity contribution is 0.489. The molecule has 4 rings (SSSR count). The van der Waals surface area contributed by atoms with Crippen LogP contribution in [0.25, 0.3) is 5.69 Å². The van der Waals surface area contributed by atoms with Crippen LogP contribution in [0.2, 0.25) is 0 Å². The lowest BCUT2D eigenvalue weighted by Crippen LogP contribution is -2.11. The summed E-state index contributed by atoms with van der Waals surface area (Å²) in [7, 11) is 0. The molecule has 1 atom stereocenters. The Hall–Kier alpha value is -2.99. The van der Waals surface area contributed by atoms with Gasteiger partial charge >= 0.3 is 0 Å². The highest BCUT2D eigenvalue weighted by Crippen LogP contribution is 2.25. The zero-order valence-corrected chi connectivity index (χ0v) is 15.8. The molecule has 2 aromatic heterocycles. The molecule has 0 amide bonds. The Kier molecular flexibility index (Phi) is 4.73. The third kappa shape index (κ3) is 4.06. The molecule has 0 fully saturated rings. The molecule has 0 aliphatic heterocycles. The van der Waals surface area contributed by atoms with Crippen LogP contribution in [-0.2, 0) is 6.54 Å². The number of rotatable bonds is 5. The largest absolute Gasteiger partial charge is 0.397 e. The number of benzene rings is 1. The molecule has 0 radical (unpaired) electrons. The number of anilines is 3. The Bertz CT molecular complexity index is 1010. The van der Waals surface area contributed by atoms with E-state index in [0.717, 1.165) is 40.9 Å². The minimum atomic E-state index is 0.365. The first-order valence-corrected chi connectivity index (χ1v) is 9.18. The minimum absolute atomic E-state index is 0.365. The number of hydrogen-bond donors (Lipinski definition) is 2. The van der Waals surface area contributed by atoms with Gasteiger partial charge < -0.3 is 15.6 Å². The molecule has 2 heterocycles. The summed E-state index contributed by atoms with van der Waals surface area (Å²) >= 11 is 6.11. The van der Waals surface area contributed by atoms with Crippen molar-refractivity contribution in [3.63, 3.8) is 0 Å². The second kappa shape index (κ2) is 7.32. The first kappa shape index (κ1) is 17.4. The van der Waals surface area contributed by atoms with Crippen LogP contribution in [0.3, 0.4) is 0 Å². The lowest BCUT2D eigenvalue weighted by Gasteiger charge is -2.15. The van der Waals surface area contributed by atoms with Gasteiger partial charge in [0.15, 0.2) is 5.82 Å². The van der Waals surface area contributed by atoms with E-state index in [9.17, 15) is 0 Å². The van der Waals surface area contributed by atoms with Gasteiger partial charge in [0, 0.05) is 41.6 Å². The molecule has 0 bridgehead atoms. The minimum Gasteiger partial charge on any atom is -0.397 e. The number of nitrogens with one attached hydrogen (secondary N) is 1. The molecule has 27 heavy (non-hydrogen) atoms. The molecule has 0 saturated carbocycles. The monoisotopic (exact) mass is 380 g/mol. The molecule has 7 heteroatoms. The van der Waals surface area contributed by atoms with E-state index in [0.29, 0.717) is 11.6 Å². The van der Waals surface area contributed by atoms with E-state index >= 15 is 0 Å². The third-order valence-electron chi connectivity index (χ3n) is 4.47. The number of aromatic nitrogens is 4. The molecule has 0 spiro atoms. The number of hydrogen-bond acceptors (Lipinski definition) is 4. The summed E-state index contributed by atoms with van der Waals surface area (Å²) in [5.41, 5.74) is 9.64. The number of halogens is 1. The van der Waals surface area contributed by atoms with E-state index in [1.165, 1.54) is 0 Å². The van der Waals surface area contributed by atoms with Crippen molar-refractivity contribution in [2.75, 3.05) is 11.1 Å². The fourth-order valence-electron chi connectivity index (χ4n) is 3.17. The zero-order valence-electron chi connectivity index (χ0n) is 15.0. The van der Waals surface area contributed by atoms with Gasteiger partial charge in [0.1, 0.15) is 0 Å². The molecule has 1 aliphatic carbocycles. The fourth-order valence-corrected chi connectivity index (χ4v) is 3.44. The summed E-state index contributed by atoms with van der Waals surface area (Å²) in [4.78, 5) is 4.24. The number of allylic oxidation sites excluding steroid dienone is 4. The highest BCUT2D eigenvalue weighted by molar-refractivity contribution is 6.29. The zero-order chi connectivity index (χ0) is 18.8. The van der Waals surface area contributed by atoms with Crippen molar-refractivity contribution < 1.29 is 0 Å². The SMILES string of the molecule is Cc1cn(-c2ccc(Nc3ccn(CC4C=CC=C(Cl)C4)n3)cc2N)cn1. The fraction of sp³-hybridized carbons (Fsp3) is 0.200. The number of nitrogen functional groups attached to an aromatic ring is 1. The summed E-state index contributed by atoms with van der Waals surface area (Å²) in [6, 6.07) is 7.80.